The van der Waals surface area contributed by atoms with Crippen LogP contribution in [0.4, 0.5) is 0 Å². The molecule has 24 heavy (non-hydrogen) atoms. The summed E-state index contributed by atoms with van der Waals surface area (Å²) in [5.41, 5.74) is 5.16. The number of fused-ring (bicyclic) bond motifs is 1. The highest BCUT2D eigenvalue weighted by Gasteiger charge is 2.21. The first-order valence-corrected chi connectivity index (χ1v) is 8.73. The number of aryl methyl sites for hydroxylation is 2. The number of amides is 1. The molecule has 0 bridgehead atoms. The van der Waals surface area contributed by atoms with E-state index in [9.17, 15) is 4.79 Å². The Morgan fingerprint density at radius 3 is 2.71 bits per heavy atom. The predicted octanol–water partition coefficient (Wildman–Crippen LogP) is 3.62. The van der Waals surface area contributed by atoms with Gasteiger partial charge in [0, 0.05) is 6.54 Å². The van der Waals surface area contributed by atoms with Crippen LogP contribution in [0.3, 0.4) is 0 Å². The fourth-order valence-corrected chi connectivity index (χ4v) is 3.45. The highest BCUT2D eigenvalue weighted by Crippen LogP contribution is 2.29. The third-order valence-corrected chi connectivity index (χ3v) is 4.69. The lowest BCUT2D eigenvalue weighted by Gasteiger charge is -2.27. The minimum atomic E-state index is 0.103. The van der Waals surface area contributed by atoms with E-state index in [-0.39, 0.29) is 11.9 Å². The molecule has 0 unspecified atom stereocenters. The van der Waals surface area contributed by atoms with Crippen LogP contribution in [-0.4, -0.2) is 24.4 Å². The Morgan fingerprint density at radius 1 is 1.17 bits per heavy atom. The molecule has 1 amide bonds. The van der Waals surface area contributed by atoms with Gasteiger partial charge >= 0.3 is 0 Å². The number of hydrogen-bond donors (Lipinski definition) is 1. The van der Waals surface area contributed by atoms with Gasteiger partial charge in [0.25, 0.3) is 0 Å². The summed E-state index contributed by atoms with van der Waals surface area (Å²) in [6, 6.07) is 17.1. The van der Waals surface area contributed by atoms with Crippen molar-refractivity contribution >= 4 is 5.91 Å². The number of carbonyl (C=O) groups is 1. The van der Waals surface area contributed by atoms with Crippen LogP contribution in [0.1, 0.15) is 41.1 Å². The lowest BCUT2D eigenvalue weighted by molar-refractivity contribution is -0.122. The van der Waals surface area contributed by atoms with Crippen molar-refractivity contribution in [3.8, 4) is 0 Å². The van der Waals surface area contributed by atoms with E-state index in [0.717, 1.165) is 25.8 Å². The maximum atomic E-state index is 12.4. The van der Waals surface area contributed by atoms with Gasteiger partial charge < -0.3 is 5.32 Å². The first-order chi connectivity index (χ1) is 11.6. The van der Waals surface area contributed by atoms with E-state index < -0.39 is 0 Å². The molecule has 0 heterocycles. The standard InChI is InChI=1S/C21H26N2O/c1-16-10-12-17(13-11-16)14-23(2)15-21(24)22-20-9-5-7-18-6-3-4-8-19(18)20/h3-4,6,8,10-13,20H,5,7,9,14-15H2,1-2H3,(H,22,24)/t20-/m1/s1. The quantitative estimate of drug-likeness (QED) is 0.912. The zero-order chi connectivity index (χ0) is 16.9. The van der Waals surface area contributed by atoms with Gasteiger partial charge in [-0.1, -0.05) is 54.1 Å². The van der Waals surface area contributed by atoms with Crippen LogP contribution < -0.4 is 5.32 Å². The zero-order valence-corrected chi connectivity index (χ0v) is 14.6. The number of rotatable bonds is 5. The molecule has 0 aliphatic heterocycles. The lowest BCUT2D eigenvalue weighted by atomic mass is 9.88. The SMILES string of the molecule is Cc1ccc(CN(C)CC(=O)N[C@@H]2CCCc3ccccc32)cc1. The van der Waals surface area contributed by atoms with E-state index in [1.165, 1.54) is 22.3 Å². The first kappa shape index (κ1) is 16.7. The second-order valence-electron chi connectivity index (χ2n) is 6.87. The largest absolute Gasteiger partial charge is 0.348 e. The maximum absolute atomic E-state index is 12.4. The van der Waals surface area contributed by atoms with Crippen LogP contribution in [0, 0.1) is 6.92 Å². The van der Waals surface area contributed by atoms with Gasteiger partial charge in [0.05, 0.1) is 12.6 Å². The van der Waals surface area contributed by atoms with Gasteiger partial charge in [0.15, 0.2) is 0 Å². The third kappa shape index (κ3) is 4.24. The number of likely N-dealkylation sites (N-methyl/N-ethyl adjacent to an activating group) is 1. The zero-order valence-electron chi connectivity index (χ0n) is 14.6. The minimum Gasteiger partial charge on any atom is -0.348 e. The van der Waals surface area contributed by atoms with Crippen molar-refractivity contribution in [1.82, 2.24) is 10.2 Å². The second kappa shape index (κ2) is 7.63. The molecule has 1 aliphatic carbocycles. The topological polar surface area (TPSA) is 32.3 Å². The Bertz CT molecular complexity index is 693. The highest BCUT2D eigenvalue weighted by molar-refractivity contribution is 5.78. The normalized spacial score (nSPS) is 16.7. The number of carbonyl (C=O) groups excluding carboxylic acids is 1. The van der Waals surface area contributed by atoms with Crippen molar-refractivity contribution in [2.45, 2.75) is 38.8 Å². The van der Waals surface area contributed by atoms with Crippen molar-refractivity contribution in [1.29, 1.82) is 0 Å². The van der Waals surface area contributed by atoms with Gasteiger partial charge in [0.1, 0.15) is 0 Å². The van der Waals surface area contributed by atoms with E-state index >= 15 is 0 Å². The van der Waals surface area contributed by atoms with Crippen LogP contribution in [0.25, 0.3) is 0 Å². The molecule has 0 fully saturated rings. The molecule has 1 atom stereocenters. The number of benzene rings is 2. The van der Waals surface area contributed by atoms with Gasteiger partial charge in [-0.2, -0.15) is 0 Å². The van der Waals surface area contributed by atoms with Gasteiger partial charge in [0.2, 0.25) is 5.91 Å². The summed E-state index contributed by atoms with van der Waals surface area (Å²) < 4.78 is 0. The van der Waals surface area contributed by atoms with Gasteiger partial charge in [-0.05, 0) is 49.9 Å². The molecule has 1 N–H and O–H groups in total. The van der Waals surface area contributed by atoms with Crippen LogP contribution >= 0.6 is 0 Å². The summed E-state index contributed by atoms with van der Waals surface area (Å²) in [5, 5.41) is 3.22. The predicted molar refractivity (Wildman–Crippen MR) is 97.8 cm³/mol. The molecule has 3 heteroatoms. The fourth-order valence-electron chi connectivity index (χ4n) is 3.45. The molecule has 0 spiro atoms. The molecular formula is C21H26N2O. The molecule has 126 valence electrons. The van der Waals surface area contributed by atoms with Crippen LogP contribution in [0.5, 0.6) is 0 Å². The lowest BCUT2D eigenvalue weighted by Crippen LogP contribution is -2.38. The summed E-state index contributed by atoms with van der Waals surface area (Å²) in [4.78, 5) is 14.5. The highest BCUT2D eigenvalue weighted by atomic mass is 16.2. The molecule has 1 aliphatic rings. The molecule has 0 aromatic heterocycles. The Balaban J connectivity index is 1.55. The van der Waals surface area contributed by atoms with Crippen molar-refractivity contribution in [2.75, 3.05) is 13.6 Å². The van der Waals surface area contributed by atoms with E-state index in [1.54, 1.807) is 0 Å². The van der Waals surface area contributed by atoms with Crippen LogP contribution in [0.2, 0.25) is 0 Å². The van der Waals surface area contributed by atoms with Crippen LogP contribution in [-0.2, 0) is 17.8 Å². The van der Waals surface area contributed by atoms with Gasteiger partial charge in [-0.25, -0.2) is 0 Å². The van der Waals surface area contributed by atoms with E-state index in [2.05, 4.69) is 65.7 Å². The fraction of sp³-hybridized carbons (Fsp3) is 0.381. The monoisotopic (exact) mass is 322 g/mol. The van der Waals surface area contributed by atoms with Crippen LogP contribution in [0.15, 0.2) is 48.5 Å². The Morgan fingerprint density at radius 2 is 1.92 bits per heavy atom. The average Bonchev–Trinajstić information content (AvgIpc) is 2.57. The summed E-state index contributed by atoms with van der Waals surface area (Å²) in [7, 11) is 1.99. The van der Waals surface area contributed by atoms with Gasteiger partial charge in [-0.15, -0.1) is 0 Å². The molecule has 0 saturated heterocycles. The summed E-state index contributed by atoms with van der Waals surface area (Å²) in [6.45, 7) is 3.30. The molecular weight excluding hydrogens is 296 g/mol. The average molecular weight is 322 g/mol. The van der Waals surface area contributed by atoms with Crippen molar-refractivity contribution in [2.24, 2.45) is 0 Å². The molecule has 0 radical (unpaired) electrons. The molecule has 2 aromatic carbocycles. The van der Waals surface area contributed by atoms with E-state index in [1.807, 2.05) is 7.05 Å². The summed E-state index contributed by atoms with van der Waals surface area (Å²) in [5.74, 6) is 0.103. The Labute approximate surface area is 144 Å². The molecule has 3 nitrogen and oxygen atoms in total. The van der Waals surface area contributed by atoms with Gasteiger partial charge in [-0.3, -0.25) is 9.69 Å². The first-order valence-electron chi connectivity index (χ1n) is 8.73. The number of nitrogens with zero attached hydrogens (tertiary/aromatic N) is 1. The molecule has 2 aromatic rings. The minimum absolute atomic E-state index is 0.103. The molecule has 0 saturated carbocycles. The van der Waals surface area contributed by atoms with E-state index in [0.29, 0.717) is 6.54 Å². The number of hydrogen-bond acceptors (Lipinski definition) is 2. The second-order valence-corrected chi connectivity index (χ2v) is 6.87. The number of nitrogens with one attached hydrogen (secondary N) is 1. The Hall–Kier alpha value is -2.13. The smallest absolute Gasteiger partial charge is 0.234 e. The maximum Gasteiger partial charge on any atom is 0.234 e. The summed E-state index contributed by atoms with van der Waals surface area (Å²) in [6.07, 6.45) is 3.29. The van der Waals surface area contributed by atoms with Crippen molar-refractivity contribution < 1.29 is 4.79 Å². The molecule has 3 rings (SSSR count). The Kier molecular flexibility index (Phi) is 5.31. The van der Waals surface area contributed by atoms with Crippen molar-refractivity contribution in [3.63, 3.8) is 0 Å². The van der Waals surface area contributed by atoms with E-state index in [4.69, 9.17) is 0 Å². The van der Waals surface area contributed by atoms with Crippen molar-refractivity contribution in [3.05, 3.63) is 70.8 Å². The summed E-state index contributed by atoms with van der Waals surface area (Å²) >= 11 is 0. The third-order valence-electron chi connectivity index (χ3n) is 4.69.